The largest absolute Gasteiger partial charge is 0.385 e. The number of hydrogen-bond donors (Lipinski definition) is 1. The zero-order chi connectivity index (χ0) is 11.1. The standard InChI is InChI=1S/C13H20OSi/c1-15(2,3)12-7-5-11(6-8-12)13(14)9-4-10-13/h5-8,14H,4,9-10H2,1-3H3. The van der Waals surface area contributed by atoms with Gasteiger partial charge in [-0.25, -0.2) is 0 Å². The monoisotopic (exact) mass is 220 g/mol. The molecule has 1 aliphatic rings. The van der Waals surface area contributed by atoms with Crippen LogP contribution in [0.1, 0.15) is 24.8 Å². The average Bonchev–Trinajstić information content (AvgIpc) is 2.13. The second kappa shape index (κ2) is 3.46. The summed E-state index contributed by atoms with van der Waals surface area (Å²) in [7, 11) is -1.19. The minimum absolute atomic E-state index is 0.502. The van der Waals surface area contributed by atoms with Gasteiger partial charge in [0.05, 0.1) is 13.7 Å². The molecule has 1 aromatic rings. The van der Waals surface area contributed by atoms with Crippen LogP contribution in [0, 0.1) is 0 Å². The summed E-state index contributed by atoms with van der Waals surface area (Å²) in [6.45, 7) is 7.04. The molecule has 82 valence electrons. The van der Waals surface area contributed by atoms with Gasteiger partial charge in [-0.3, -0.25) is 0 Å². The van der Waals surface area contributed by atoms with Gasteiger partial charge < -0.3 is 5.11 Å². The van der Waals surface area contributed by atoms with E-state index >= 15 is 0 Å². The maximum absolute atomic E-state index is 10.2. The van der Waals surface area contributed by atoms with Gasteiger partial charge >= 0.3 is 0 Å². The molecular formula is C13H20OSi. The molecule has 0 radical (unpaired) electrons. The van der Waals surface area contributed by atoms with Gasteiger partial charge in [-0.1, -0.05) is 49.1 Å². The maximum atomic E-state index is 10.2. The van der Waals surface area contributed by atoms with E-state index in [0.29, 0.717) is 0 Å². The first-order valence-electron chi connectivity index (χ1n) is 5.75. The highest BCUT2D eigenvalue weighted by atomic mass is 28.3. The highest BCUT2D eigenvalue weighted by Crippen LogP contribution is 2.40. The Morgan fingerprint density at radius 2 is 1.60 bits per heavy atom. The van der Waals surface area contributed by atoms with Crippen molar-refractivity contribution >= 4 is 13.3 Å². The predicted octanol–water partition coefficient (Wildman–Crippen LogP) is 2.60. The number of aliphatic hydroxyl groups is 1. The summed E-state index contributed by atoms with van der Waals surface area (Å²) in [6, 6.07) is 8.65. The van der Waals surface area contributed by atoms with Gasteiger partial charge in [0, 0.05) is 0 Å². The summed E-state index contributed by atoms with van der Waals surface area (Å²) in [5, 5.41) is 11.7. The van der Waals surface area contributed by atoms with E-state index in [1.807, 2.05) is 0 Å². The first-order chi connectivity index (χ1) is 6.92. The van der Waals surface area contributed by atoms with Gasteiger partial charge in [0.1, 0.15) is 0 Å². The molecule has 0 spiro atoms. The van der Waals surface area contributed by atoms with Gasteiger partial charge in [-0.15, -0.1) is 0 Å². The summed E-state index contributed by atoms with van der Waals surface area (Å²) < 4.78 is 0. The number of benzene rings is 1. The van der Waals surface area contributed by atoms with Crippen molar-refractivity contribution in [3.8, 4) is 0 Å². The topological polar surface area (TPSA) is 20.2 Å². The Balaban J connectivity index is 2.24. The molecule has 2 heteroatoms. The van der Waals surface area contributed by atoms with Crippen LogP contribution in [-0.4, -0.2) is 13.2 Å². The van der Waals surface area contributed by atoms with Crippen molar-refractivity contribution in [2.24, 2.45) is 0 Å². The highest BCUT2D eigenvalue weighted by Gasteiger charge is 2.36. The van der Waals surface area contributed by atoms with Crippen molar-refractivity contribution in [2.45, 2.75) is 44.5 Å². The van der Waals surface area contributed by atoms with E-state index in [-0.39, 0.29) is 0 Å². The minimum atomic E-state index is -1.19. The van der Waals surface area contributed by atoms with E-state index in [4.69, 9.17) is 0 Å². The highest BCUT2D eigenvalue weighted by molar-refractivity contribution is 6.88. The molecule has 1 aromatic carbocycles. The predicted molar refractivity (Wildman–Crippen MR) is 67.2 cm³/mol. The molecular weight excluding hydrogens is 200 g/mol. The van der Waals surface area contributed by atoms with Crippen molar-refractivity contribution in [3.05, 3.63) is 29.8 Å². The third-order valence-corrected chi connectivity index (χ3v) is 5.53. The normalized spacial score (nSPS) is 19.7. The Labute approximate surface area is 93.2 Å². The van der Waals surface area contributed by atoms with E-state index in [0.717, 1.165) is 24.8 Å². The molecule has 1 nitrogen and oxygen atoms in total. The van der Waals surface area contributed by atoms with Crippen LogP contribution in [-0.2, 0) is 5.60 Å². The lowest BCUT2D eigenvalue weighted by atomic mass is 9.75. The van der Waals surface area contributed by atoms with Gasteiger partial charge in [0.15, 0.2) is 0 Å². The lowest BCUT2D eigenvalue weighted by Gasteiger charge is -2.37. The lowest BCUT2D eigenvalue weighted by Crippen LogP contribution is -2.38. The zero-order valence-corrected chi connectivity index (χ0v) is 10.9. The molecule has 0 aromatic heterocycles. The fraction of sp³-hybridized carbons (Fsp3) is 0.538. The molecule has 2 rings (SSSR count). The van der Waals surface area contributed by atoms with E-state index < -0.39 is 13.7 Å². The van der Waals surface area contributed by atoms with Gasteiger partial charge in [0.2, 0.25) is 0 Å². The van der Waals surface area contributed by atoms with E-state index in [1.54, 1.807) is 0 Å². The molecule has 1 fully saturated rings. The van der Waals surface area contributed by atoms with Gasteiger partial charge in [0.25, 0.3) is 0 Å². The van der Waals surface area contributed by atoms with Crippen LogP contribution in [0.5, 0.6) is 0 Å². The fourth-order valence-corrected chi connectivity index (χ4v) is 3.25. The minimum Gasteiger partial charge on any atom is -0.385 e. The molecule has 1 N–H and O–H groups in total. The molecule has 1 aliphatic carbocycles. The molecule has 0 saturated heterocycles. The van der Waals surface area contributed by atoms with Gasteiger partial charge in [-0.2, -0.15) is 0 Å². The number of rotatable bonds is 2. The summed E-state index contributed by atoms with van der Waals surface area (Å²) in [5.74, 6) is 0. The second-order valence-corrected chi connectivity index (χ2v) is 10.8. The molecule has 0 bridgehead atoms. The quantitative estimate of drug-likeness (QED) is 0.760. The first kappa shape index (κ1) is 10.9. The van der Waals surface area contributed by atoms with Crippen molar-refractivity contribution in [1.82, 2.24) is 0 Å². The lowest BCUT2D eigenvalue weighted by molar-refractivity contribution is -0.0387. The second-order valence-electron chi connectivity index (χ2n) is 5.71. The molecule has 0 atom stereocenters. The Bertz CT molecular complexity index is 344. The first-order valence-corrected chi connectivity index (χ1v) is 9.25. The fourth-order valence-electron chi connectivity index (χ4n) is 2.08. The Morgan fingerprint density at radius 1 is 1.07 bits per heavy atom. The average molecular weight is 220 g/mol. The SMILES string of the molecule is C[Si](C)(C)c1ccc(C2(O)CCC2)cc1. The van der Waals surface area contributed by atoms with Crippen LogP contribution in [0.3, 0.4) is 0 Å². The molecule has 0 aliphatic heterocycles. The summed E-state index contributed by atoms with van der Waals surface area (Å²) in [4.78, 5) is 0. The molecule has 0 amide bonds. The van der Waals surface area contributed by atoms with Crippen molar-refractivity contribution in [3.63, 3.8) is 0 Å². The smallest absolute Gasteiger partial charge is 0.0896 e. The van der Waals surface area contributed by atoms with E-state index in [1.165, 1.54) is 5.19 Å². The van der Waals surface area contributed by atoms with Crippen molar-refractivity contribution in [1.29, 1.82) is 0 Å². The van der Waals surface area contributed by atoms with Crippen LogP contribution < -0.4 is 5.19 Å². The summed E-state index contributed by atoms with van der Waals surface area (Å²) >= 11 is 0. The third-order valence-electron chi connectivity index (χ3n) is 3.47. The number of hydrogen-bond acceptors (Lipinski definition) is 1. The Hall–Kier alpha value is -0.603. The Kier molecular flexibility index (Phi) is 2.51. The summed E-state index contributed by atoms with van der Waals surface area (Å²) in [5.41, 5.74) is 0.605. The molecule has 15 heavy (non-hydrogen) atoms. The van der Waals surface area contributed by atoms with Crippen molar-refractivity contribution < 1.29 is 5.11 Å². The molecule has 1 saturated carbocycles. The van der Waals surface area contributed by atoms with Crippen LogP contribution >= 0.6 is 0 Å². The van der Waals surface area contributed by atoms with Crippen LogP contribution in [0.2, 0.25) is 19.6 Å². The third kappa shape index (κ3) is 2.01. The van der Waals surface area contributed by atoms with Gasteiger partial charge in [-0.05, 0) is 24.8 Å². The van der Waals surface area contributed by atoms with Crippen molar-refractivity contribution in [2.75, 3.05) is 0 Å². The zero-order valence-electron chi connectivity index (χ0n) is 9.88. The van der Waals surface area contributed by atoms with E-state index in [2.05, 4.69) is 43.9 Å². The van der Waals surface area contributed by atoms with Crippen LogP contribution in [0.25, 0.3) is 0 Å². The molecule has 0 heterocycles. The summed E-state index contributed by atoms with van der Waals surface area (Å²) in [6.07, 6.45) is 3.02. The maximum Gasteiger partial charge on any atom is 0.0896 e. The van der Waals surface area contributed by atoms with E-state index in [9.17, 15) is 5.11 Å². The van der Waals surface area contributed by atoms with Crippen LogP contribution in [0.4, 0.5) is 0 Å². The van der Waals surface area contributed by atoms with Crippen LogP contribution in [0.15, 0.2) is 24.3 Å². The Morgan fingerprint density at radius 3 is 1.93 bits per heavy atom. The molecule has 0 unspecified atom stereocenters.